The number of aliphatic hydroxyl groups excluding tert-OH is 1. The topological polar surface area (TPSA) is 158 Å². The van der Waals surface area contributed by atoms with Gasteiger partial charge in [0.2, 0.25) is 23.6 Å². The minimum absolute atomic E-state index is 0.0213. The molecule has 50 heavy (non-hydrogen) atoms. The number of hydrogen-bond acceptors (Lipinski definition) is 8. The average Bonchev–Trinajstić information content (AvgIpc) is 3.58. The monoisotopic (exact) mass is 703 g/mol. The summed E-state index contributed by atoms with van der Waals surface area (Å²) in [4.78, 5) is 56.0. The fourth-order valence-corrected chi connectivity index (χ4v) is 6.96. The Morgan fingerprint density at radius 1 is 0.860 bits per heavy atom. The molecule has 1 fully saturated rings. The van der Waals surface area contributed by atoms with Crippen LogP contribution in [0.25, 0.3) is 0 Å². The van der Waals surface area contributed by atoms with Crippen LogP contribution in [0.4, 0.5) is 0 Å². The molecule has 284 valence electrons. The lowest BCUT2D eigenvalue weighted by Gasteiger charge is -2.37. The van der Waals surface area contributed by atoms with Crippen molar-refractivity contribution in [2.75, 3.05) is 27.8 Å². The number of aliphatic hydroxyl groups is 1. The summed E-state index contributed by atoms with van der Waals surface area (Å²) in [6.45, 7) is 15.7. The maximum absolute atomic E-state index is 14.0. The molecule has 12 heteroatoms. The lowest BCUT2D eigenvalue weighted by molar-refractivity contribution is -0.143. The van der Waals surface area contributed by atoms with Crippen LogP contribution in [0.1, 0.15) is 92.7 Å². The van der Waals surface area contributed by atoms with Crippen LogP contribution in [-0.4, -0.2) is 104 Å². The van der Waals surface area contributed by atoms with E-state index in [9.17, 15) is 24.3 Å². The van der Waals surface area contributed by atoms with Gasteiger partial charge in [0.1, 0.15) is 6.04 Å². The maximum atomic E-state index is 14.0. The predicted octanol–water partition coefficient (Wildman–Crippen LogP) is 3.19. The van der Waals surface area contributed by atoms with Crippen LogP contribution in [0.2, 0.25) is 0 Å². The van der Waals surface area contributed by atoms with Crippen LogP contribution in [0.15, 0.2) is 30.3 Å². The molecule has 0 aliphatic carbocycles. The van der Waals surface area contributed by atoms with E-state index in [4.69, 9.17) is 9.47 Å². The van der Waals surface area contributed by atoms with Gasteiger partial charge in [-0.2, -0.15) is 0 Å². The third-order valence-electron chi connectivity index (χ3n) is 10.3. The number of likely N-dealkylation sites (N-methyl/N-ethyl adjacent to an activating group) is 1. The number of carbonyl (C=O) groups is 4. The van der Waals surface area contributed by atoms with E-state index in [2.05, 4.69) is 21.3 Å². The van der Waals surface area contributed by atoms with Gasteiger partial charge in [0, 0.05) is 20.8 Å². The molecular formula is C38H65N5O7. The predicted molar refractivity (Wildman–Crippen MR) is 195 cm³/mol. The Morgan fingerprint density at radius 3 is 1.98 bits per heavy atom. The molecule has 0 saturated carbocycles. The van der Waals surface area contributed by atoms with Crippen LogP contribution >= 0.6 is 0 Å². The molecule has 2 rings (SSSR count). The number of ether oxygens (including phenoxy) is 2. The second-order valence-corrected chi connectivity index (χ2v) is 14.6. The number of nitrogens with zero attached hydrogens (tertiary/aromatic N) is 1. The van der Waals surface area contributed by atoms with Crippen molar-refractivity contribution in [2.45, 2.75) is 130 Å². The molecular weight excluding hydrogens is 638 g/mol. The van der Waals surface area contributed by atoms with E-state index in [1.165, 1.54) is 7.11 Å². The lowest BCUT2D eigenvalue weighted by atomic mass is 9.90. The van der Waals surface area contributed by atoms with Gasteiger partial charge in [-0.15, -0.1) is 0 Å². The third-order valence-corrected chi connectivity index (χ3v) is 10.3. The summed E-state index contributed by atoms with van der Waals surface area (Å²) in [5.74, 6) is -1.75. The highest BCUT2D eigenvalue weighted by Gasteiger charge is 2.42. The number of carbonyl (C=O) groups excluding carboxylic acids is 4. The molecule has 1 saturated heterocycles. The minimum atomic E-state index is -0.875. The largest absolute Gasteiger partial charge is 0.386 e. The Hall–Kier alpha value is -3.06. The number of rotatable bonds is 20. The van der Waals surface area contributed by atoms with Gasteiger partial charge in [-0.25, -0.2) is 0 Å². The molecule has 0 unspecified atom stereocenters. The van der Waals surface area contributed by atoms with Crippen molar-refractivity contribution >= 4 is 23.6 Å². The van der Waals surface area contributed by atoms with Gasteiger partial charge in [0.05, 0.1) is 54.8 Å². The highest BCUT2D eigenvalue weighted by atomic mass is 16.5. The zero-order valence-corrected chi connectivity index (χ0v) is 32.2. The van der Waals surface area contributed by atoms with Gasteiger partial charge in [0.25, 0.3) is 0 Å². The normalized spacial score (nSPS) is 20.3. The van der Waals surface area contributed by atoms with Crippen molar-refractivity contribution < 1.29 is 33.8 Å². The van der Waals surface area contributed by atoms with Crippen LogP contribution in [0.5, 0.6) is 0 Å². The molecule has 1 aromatic carbocycles. The Kier molecular flexibility index (Phi) is 17.9. The summed E-state index contributed by atoms with van der Waals surface area (Å²) in [5.41, 5.74) is 0.710. The van der Waals surface area contributed by atoms with Crippen molar-refractivity contribution in [2.24, 2.45) is 23.7 Å². The van der Waals surface area contributed by atoms with Gasteiger partial charge in [0.15, 0.2) is 0 Å². The van der Waals surface area contributed by atoms with E-state index >= 15 is 0 Å². The zero-order chi connectivity index (χ0) is 37.7. The van der Waals surface area contributed by atoms with E-state index in [-0.39, 0.29) is 53.8 Å². The zero-order valence-electron chi connectivity index (χ0n) is 32.2. The summed E-state index contributed by atoms with van der Waals surface area (Å²) >= 11 is 0. The van der Waals surface area contributed by atoms with Gasteiger partial charge in [-0.3, -0.25) is 19.2 Å². The molecule has 10 atom stereocenters. The van der Waals surface area contributed by atoms with Crippen LogP contribution in [-0.2, 0) is 28.7 Å². The molecule has 0 spiro atoms. The first-order chi connectivity index (χ1) is 23.6. The first-order valence-electron chi connectivity index (χ1n) is 18.3. The SMILES string of the molecule is CC[C@H](C)[C@H](NC(=O)[C@@H](NC(=O)[C@@H](NC)C(C)C)C(C)C)[C@@H](CC(=O)N1CCC[C@H]1[C@H](OC)[C@@H](C)C(=O)N[C@H](C)[C@@H](O)c1ccccc1)OC. The third kappa shape index (κ3) is 11.5. The van der Waals surface area contributed by atoms with Gasteiger partial charge < -0.3 is 40.7 Å². The van der Waals surface area contributed by atoms with Crippen LogP contribution in [0.3, 0.4) is 0 Å². The fraction of sp³-hybridized carbons (Fsp3) is 0.737. The Bertz CT molecular complexity index is 1220. The number of methoxy groups -OCH3 is 2. The molecule has 5 N–H and O–H groups in total. The first kappa shape index (κ1) is 43.1. The van der Waals surface area contributed by atoms with E-state index in [0.29, 0.717) is 18.5 Å². The molecule has 0 aromatic heterocycles. The smallest absolute Gasteiger partial charge is 0.243 e. The van der Waals surface area contributed by atoms with Crippen molar-refractivity contribution in [3.63, 3.8) is 0 Å². The standard InChI is InChI=1S/C38H65N5O7/c1-12-24(6)33(42-38(48)32(23(4)5)41-37(47)31(39-9)22(2)3)29(49-10)21-30(44)43-20-16-19-28(43)35(50-11)25(7)36(46)40-26(8)34(45)27-17-14-13-15-18-27/h13-15,17-18,22-26,28-29,31-35,39,45H,12,16,19-21H2,1-11H3,(H,40,46)(H,41,47)(H,42,48)/t24-,25+,26+,28-,29+,31-,32-,33-,34+,35+/m0/s1. The summed E-state index contributed by atoms with van der Waals surface area (Å²) in [5, 5.41) is 22.8. The summed E-state index contributed by atoms with van der Waals surface area (Å²) in [6.07, 6.45) is 0.108. The molecule has 1 aliphatic heterocycles. The van der Waals surface area contributed by atoms with Gasteiger partial charge in [-0.1, -0.05) is 85.2 Å². The maximum Gasteiger partial charge on any atom is 0.243 e. The van der Waals surface area contributed by atoms with Gasteiger partial charge in [-0.05, 0) is 50.1 Å². The summed E-state index contributed by atoms with van der Waals surface area (Å²) in [7, 11) is 4.81. The Labute approximate surface area is 300 Å². The Balaban J connectivity index is 2.19. The molecule has 1 heterocycles. The van der Waals surface area contributed by atoms with Crippen LogP contribution < -0.4 is 21.3 Å². The lowest BCUT2D eigenvalue weighted by Crippen LogP contribution is -2.59. The van der Waals surface area contributed by atoms with Crippen molar-refractivity contribution in [1.29, 1.82) is 0 Å². The number of benzene rings is 1. The van der Waals surface area contributed by atoms with E-state index in [0.717, 1.165) is 12.8 Å². The molecule has 0 radical (unpaired) electrons. The van der Waals surface area contributed by atoms with Crippen molar-refractivity contribution in [3.05, 3.63) is 35.9 Å². The fourth-order valence-electron chi connectivity index (χ4n) is 6.96. The summed E-state index contributed by atoms with van der Waals surface area (Å²) in [6, 6.07) is 6.59. The molecule has 12 nitrogen and oxygen atoms in total. The highest BCUT2D eigenvalue weighted by Crippen LogP contribution is 2.29. The number of likely N-dealkylation sites (tertiary alicyclic amines) is 1. The van der Waals surface area contributed by atoms with Crippen molar-refractivity contribution in [3.8, 4) is 0 Å². The quantitative estimate of drug-likeness (QED) is 0.139. The van der Waals surface area contributed by atoms with Crippen LogP contribution in [0, 0.1) is 23.7 Å². The second kappa shape index (κ2) is 20.7. The molecule has 1 aliphatic rings. The second-order valence-electron chi connectivity index (χ2n) is 14.6. The average molecular weight is 704 g/mol. The molecule has 1 aromatic rings. The Morgan fingerprint density at radius 2 is 1.46 bits per heavy atom. The summed E-state index contributed by atoms with van der Waals surface area (Å²) < 4.78 is 11.8. The van der Waals surface area contributed by atoms with E-state index in [1.807, 2.05) is 71.9 Å². The number of amides is 4. The van der Waals surface area contributed by atoms with E-state index in [1.54, 1.807) is 32.9 Å². The minimum Gasteiger partial charge on any atom is -0.386 e. The molecule has 0 bridgehead atoms. The number of hydrogen-bond donors (Lipinski definition) is 5. The van der Waals surface area contributed by atoms with Gasteiger partial charge >= 0.3 is 0 Å². The molecule has 4 amide bonds. The first-order valence-corrected chi connectivity index (χ1v) is 18.3. The number of nitrogens with one attached hydrogen (secondary N) is 4. The highest BCUT2D eigenvalue weighted by molar-refractivity contribution is 5.90. The van der Waals surface area contributed by atoms with E-state index < -0.39 is 48.4 Å². The van der Waals surface area contributed by atoms with Crippen molar-refractivity contribution in [1.82, 2.24) is 26.2 Å².